The number of amides is 1. The van der Waals surface area contributed by atoms with Crippen LogP contribution in [0, 0.1) is 0 Å². The molecule has 1 amide bonds. The van der Waals surface area contributed by atoms with Crippen LogP contribution < -0.4 is 24.8 Å². The molecule has 2 aromatic rings. The Morgan fingerprint density at radius 3 is 2.64 bits per heavy atom. The number of pyridine rings is 1. The number of rotatable bonds is 6. The average molecular weight is 343 g/mol. The third kappa shape index (κ3) is 3.76. The molecule has 0 aliphatic carbocycles. The number of anilines is 2. The maximum Gasteiger partial charge on any atom is 0.269 e. The summed E-state index contributed by atoms with van der Waals surface area (Å²) >= 11 is 0. The maximum absolute atomic E-state index is 12.4. The monoisotopic (exact) mass is 343 g/mol. The van der Waals surface area contributed by atoms with Crippen LogP contribution >= 0.6 is 0 Å². The molecular weight excluding hydrogens is 322 g/mol. The number of carbonyl (C=O) groups is 1. The first-order valence-corrected chi connectivity index (χ1v) is 8.10. The number of nitrogens with two attached hydrogens (primary N) is 1. The number of nitrogen functional groups attached to an aromatic ring is 1. The smallest absolute Gasteiger partial charge is 0.269 e. The molecular formula is C18H21N3O4. The molecule has 2 heterocycles. The molecule has 7 heteroatoms. The second kappa shape index (κ2) is 7.29. The predicted octanol–water partition coefficient (Wildman–Crippen LogP) is 2.26. The summed E-state index contributed by atoms with van der Waals surface area (Å²) in [5.41, 5.74) is 5.74. The number of methoxy groups -OCH3 is 1. The van der Waals surface area contributed by atoms with Gasteiger partial charge in [-0.1, -0.05) is 0 Å². The van der Waals surface area contributed by atoms with E-state index in [0.29, 0.717) is 37.0 Å². The van der Waals surface area contributed by atoms with Gasteiger partial charge in [0.05, 0.1) is 13.7 Å². The minimum atomic E-state index is -0.541. The lowest BCUT2D eigenvalue weighted by molar-refractivity contribution is -0.125. The second-order valence-corrected chi connectivity index (χ2v) is 5.69. The molecule has 1 atom stereocenters. The largest absolute Gasteiger partial charge is 0.497 e. The van der Waals surface area contributed by atoms with E-state index in [2.05, 4.69) is 4.98 Å². The summed E-state index contributed by atoms with van der Waals surface area (Å²) in [7, 11) is 1.62. The first kappa shape index (κ1) is 16.9. The summed E-state index contributed by atoms with van der Waals surface area (Å²) in [6, 6.07) is 10.8. The standard InChI is InChI=1S/C18H21N3O4/c1-12-18(22)21(17-15(25-12)8-9-16(19)20-17)10-3-11-24-14-6-4-13(23-2)5-7-14/h4-9,12H,3,10-11H2,1-2H3,(H2,19,20). The van der Waals surface area contributed by atoms with Gasteiger partial charge in [-0.3, -0.25) is 9.69 Å². The Labute approximate surface area is 146 Å². The third-order valence-corrected chi connectivity index (χ3v) is 3.89. The Hall–Kier alpha value is -2.96. The van der Waals surface area contributed by atoms with Gasteiger partial charge in [-0.15, -0.1) is 0 Å². The van der Waals surface area contributed by atoms with Crippen molar-refractivity contribution in [2.24, 2.45) is 0 Å². The SMILES string of the molecule is COc1ccc(OCCCN2C(=O)C(C)Oc3ccc(N)nc32)cc1. The average Bonchev–Trinajstić information content (AvgIpc) is 2.62. The lowest BCUT2D eigenvalue weighted by Crippen LogP contribution is -2.45. The van der Waals surface area contributed by atoms with E-state index in [1.165, 1.54) is 0 Å². The number of aromatic nitrogens is 1. The van der Waals surface area contributed by atoms with Gasteiger partial charge in [0, 0.05) is 6.54 Å². The summed E-state index contributed by atoms with van der Waals surface area (Å²) in [6.07, 6.45) is 0.112. The van der Waals surface area contributed by atoms with Gasteiger partial charge in [0.15, 0.2) is 17.7 Å². The van der Waals surface area contributed by atoms with E-state index < -0.39 is 6.10 Å². The van der Waals surface area contributed by atoms with Crippen molar-refractivity contribution >= 4 is 17.5 Å². The Balaban J connectivity index is 1.60. The third-order valence-electron chi connectivity index (χ3n) is 3.89. The Kier molecular flexibility index (Phi) is 4.92. The van der Waals surface area contributed by atoms with Crippen molar-refractivity contribution in [3.63, 3.8) is 0 Å². The van der Waals surface area contributed by atoms with Crippen molar-refractivity contribution in [3.05, 3.63) is 36.4 Å². The van der Waals surface area contributed by atoms with Gasteiger partial charge in [-0.2, -0.15) is 0 Å². The van der Waals surface area contributed by atoms with Crippen LogP contribution in [0.25, 0.3) is 0 Å². The van der Waals surface area contributed by atoms with Gasteiger partial charge < -0.3 is 19.9 Å². The van der Waals surface area contributed by atoms with Crippen molar-refractivity contribution in [1.29, 1.82) is 0 Å². The van der Waals surface area contributed by atoms with Gasteiger partial charge >= 0.3 is 0 Å². The van der Waals surface area contributed by atoms with Crippen LogP contribution in [0.2, 0.25) is 0 Å². The van der Waals surface area contributed by atoms with E-state index in [1.807, 2.05) is 24.3 Å². The van der Waals surface area contributed by atoms with Gasteiger partial charge in [0.1, 0.15) is 17.3 Å². The molecule has 7 nitrogen and oxygen atoms in total. The molecule has 1 aromatic carbocycles. The van der Waals surface area contributed by atoms with Crippen LogP contribution in [0.1, 0.15) is 13.3 Å². The van der Waals surface area contributed by atoms with E-state index in [9.17, 15) is 4.79 Å². The molecule has 1 aromatic heterocycles. The first-order chi connectivity index (χ1) is 12.1. The number of carbonyl (C=O) groups excluding carboxylic acids is 1. The van der Waals surface area contributed by atoms with Crippen molar-refractivity contribution in [3.8, 4) is 17.2 Å². The Morgan fingerprint density at radius 2 is 1.92 bits per heavy atom. The fourth-order valence-electron chi connectivity index (χ4n) is 2.60. The molecule has 0 saturated carbocycles. The number of hydrogen-bond acceptors (Lipinski definition) is 6. The van der Waals surface area contributed by atoms with Crippen LogP contribution in [-0.4, -0.2) is 37.3 Å². The fourth-order valence-corrected chi connectivity index (χ4v) is 2.60. The van der Waals surface area contributed by atoms with Gasteiger partial charge in [0.2, 0.25) is 0 Å². The van der Waals surface area contributed by atoms with E-state index in [-0.39, 0.29) is 5.91 Å². The first-order valence-electron chi connectivity index (χ1n) is 8.10. The molecule has 1 unspecified atom stereocenters. The van der Waals surface area contributed by atoms with Crippen LogP contribution in [0.3, 0.4) is 0 Å². The number of benzene rings is 1. The van der Waals surface area contributed by atoms with Crippen molar-refractivity contribution in [2.75, 3.05) is 30.9 Å². The highest BCUT2D eigenvalue weighted by molar-refractivity contribution is 5.98. The fraction of sp³-hybridized carbons (Fsp3) is 0.333. The molecule has 0 spiro atoms. The van der Waals surface area contributed by atoms with Gasteiger partial charge in [-0.25, -0.2) is 4.98 Å². The molecule has 1 aliphatic rings. The van der Waals surface area contributed by atoms with Gasteiger partial charge in [0.25, 0.3) is 5.91 Å². The van der Waals surface area contributed by atoms with Crippen LogP contribution in [0.15, 0.2) is 36.4 Å². The molecule has 0 radical (unpaired) electrons. The van der Waals surface area contributed by atoms with Crippen LogP contribution in [0.5, 0.6) is 17.2 Å². The molecule has 25 heavy (non-hydrogen) atoms. The minimum absolute atomic E-state index is 0.130. The Morgan fingerprint density at radius 1 is 1.20 bits per heavy atom. The number of hydrogen-bond donors (Lipinski definition) is 1. The zero-order chi connectivity index (χ0) is 17.8. The predicted molar refractivity (Wildman–Crippen MR) is 94.2 cm³/mol. The highest BCUT2D eigenvalue weighted by Gasteiger charge is 2.32. The number of nitrogens with zero attached hydrogens (tertiary/aromatic N) is 2. The summed E-state index contributed by atoms with van der Waals surface area (Å²) in [5, 5.41) is 0. The summed E-state index contributed by atoms with van der Waals surface area (Å²) in [5.74, 6) is 2.79. The summed E-state index contributed by atoms with van der Waals surface area (Å²) in [4.78, 5) is 18.2. The highest BCUT2D eigenvalue weighted by Crippen LogP contribution is 2.32. The molecule has 3 rings (SSSR count). The summed E-state index contributed by atoms with van der Waals surface area (Å²) in [6.45, 7) is 2.68. The second-order valence-electron chi connectivity index (χ2n) is 5.69. The van der Waals surface area contributed by atoms with Crippen LogP contribution in [0.4, 0.5) is 11.6 Å². The number of fused-ring (bicyclic) bond motifs is 1. The summed E-state index contributed by atoms with van der Waals surface area (Å²) < 4.78 is 16.4. The zero-order valence-corrected chi connectivity index (χ0v) is 14.3. The molecule has 132 valence electrons. The molecule has 2 N–H and O–H groups in total. The molecule has 0 fully saturated rings. The normalized spacial score (nSPS) is 16.2. The lowest BCUT2D eigenvalue weighted by atomic mass is 10.2. The van der Waals surface area contributed by atoms with E-state index >= 15 is 0 Å². The van der Waals surface area contributed by atoms with Crippen LogP contribution in [-0.2, 0) is 4.79 Å². The van der Waals surface area contributed by atoms with E-state index in [0.717, 1.165) is 11.5 Å². The van der Waals surface area contributed by atoms with E-state index in [4.69, 9.17) is 19.9 Å². The van der Waals surface area contributed by atoms with Crippen molar-refractivity contribution in [2.45, 2.75) is 19.4 Å². The molecule has 0 saturated heterocycles. The Bertz CT molecular complexity index is 748. The lowest BCUT2D eigenvalue weighted by Gasteiger charge is -2.32. The van der Waals surface area contributed by atoms with Gasteiger partial charge in [-0.05, 0) is 49.7 Å². The van der Waals surface area contributed by atoms with E-state index in [1.54, 1.807) is 31.1 Å². The van der Waals surface area contributed by atoms with Crippen molar-refractivity contribution in [1.82, 2.24) is 4.98 Å². The topological polar surface area (TPSA) is 86.9 Å². The molecule has 1 aliphatic heterocycles. The zero-order valence-electron chi connectivity index (χ0n) is 14.3. The number of ether oxygens (including phenoxy) is 3. The highest BCUT2D eigenvalue weighted by atomic mass is 16.5. The molecule has 0 bridgehead atoms. The maximum atomic E-state index is 12.4. The minimum Gasteiger partial charge on any atom is -0.497 e. The quantitative estimate of drug-likeness (QED) is 0.810. The van der Waals surface area contributed by atoms with Crippen molar-refractivity contribution < 1.29 is 19.0 Å².